The molecule has 1 N–H and O–H groups in total. The molecule has 8 nitrogen and oxygen atoms in total. The molecule has 1 aromatic carbocycles. The lowest BCUT2D eigenvalue weighted by atomic mass is 9.95. The van der Waals surface area contributed by atoms with Crippen LogP contribution in [0.3, 0.4) is 0 Å². The lowest BCUT2D eigenvalue weighted by Crippen LogP contribution is -2.37. The molecule has 0 saturated carbocycles. The van der Waals surface area contributed by atoms with Crippen LogP contribution in [0.4, 0.5) is 5.69 Å². The first kappa shape index (κ1) is 17.3. The van der Waals surface area contributed by atoms with Crippen LogP contribution >= 0.6 is 0 Å². The van der Waals surface area contributed by atoms with Crippen LogP contribution < -0.4 is 5.32 Å². The molecule has 0 unspecified atom stereocenters. The van der Waals surface area contributed by atoms with Gasteiger partial charge in [0.1, 0.15) is 6.33 Å². The van der Waals surface area contributed by atoms with Gasteiger partial charge >= 0.3 is 0 Å². The molecule has 138 valence electrons. The Morgan fingerprint density at radius 2 is 1.96 bits per heavy atom. The number of benzene rings is 1. The number of pyridine rings is 1. The van der Waals surface area contributed by atoms with Gasteiger partial charge in [-0.1, -0.05) is 6.07 Å². The number of hydrogen-bond acceptors (Lipinski definition) is 6. The highest BCUT2D eigenvalue weighted by Crippen LogP contribution is 2.21. The number of piperidine rings is 1. The SMILES string of the molecule is O=C(Nc1ccc(-n2cnnn2)cc1)C1CCN(Cc2cccnc2)CC1. The van der Waals surface area contributed by atoms with Crippen molar-refractivity contribution in [3.05, 3.63) is 60.7 Å². The van der Waals surface area contributed by atoms with Gasteiger partial charge in [0.15, 0.2) is 0 Å². The normalized spacial score (nSPS) is 15.6. The van der Waals surface area contributed by atoms with E-state index >= 15 is 0 Å². The summed E-state index contributed by atoms with van der Waals surface area (Å²) < 4.78 is 1.57. The van der Waals surface area contributed by atoms with E-state index < -0.39 is 0 Å². The molecule has 1 saturated heterocycles. The zero-order valence-electron chi connectivity index (χ0n) is 14.9. The fourth-order valence-electron chi connectivity index (χ4n) is 3.32. The number of rotatable bonds is 5. The predicted molar refractivity (Wildman–Crippen MR) is 100 cm³/mol. The van der Waals surface area contributed by atoms with Crippen LogP contribution in [0.1, 0.15) is 18.4 Å². The molecule has 1 aliphatic heterocycles. The van der Waals surface area contributed by atoms with E-state index in [1.807, 2.05) is 36.5 Å². The van der Waals surface area contributed by atoms with Gasteiger partial charge in [-0.05, 0) is 72.3 Å². The molecular weight excluding hydrogens is 342 g/mol. The van der Waals surface area contributed by atoms with Crippen LogP contribution in [-0.4, -0.2) is 49.1 Å². The van der Waals surface area contributed by atoms with Crippen molar-refractivity contribution < 1.29 is 4.79 Å². The molecule has 4 rings (SSSR count). The second-order valence-electron chi connectivity index (χ2n) is 6.70. The number of amides is 1. The fourth-order valence-corrected chi connectivity index (χ4v) is 3.32. The van der Waals surface area contributed by atoms with E-state index in [0.717, 1.165) is 43.9 Å². The third-order valence-corrected chi connectivity index (χ3v) is 4.84. The maximum Gasteiger partial charge on any atom is 0.227 e. The fraction of sp³-hybridized carbons (Fsp3) is 0.316. The summed E-state index contributed by atoms with van der Waals surface area (Å²) in [5.41, 5.74) is 2.85. The predicted octanol–water partition coefficient (Wildman–Crippen LogP) is 1.91. The van der Waals surface area contributed by atoms with E-state index in [4.69, 9.17) is 0 Å². The van der Waals surface area contributed by atoms with Gasteiger partial charge in [-0.25, -0.2) is 4.68 Å². The van der Waals surface area contributed by atoms with Gasteiger partial charge < -0.3 is 5.32 Å². The summed E-state index contributed by atoms with van der Waals surface area (Å²) in [7, 11) is 0. The van der Waals surface area contributed by atoms with Gasteiger partial charge in [0.25, 0.3) is 0 Å². The highest BCUT2D eigenvalue weighted by atomic mass is 16.1. The van der Waals surface area contributed by atoms with Crippen molar-refractivity contribution in [2.24, 2.45) is 5.92 Å². The first-order valence-electron chi connectivity index (χ1n) is 9.03. The van der Waals surface area contributed by atoms with Gasteiger partial charge in [-0.2, -0.15) is 0 Å². The summed E-state index contributed by atoms with van der Waals surface area (Å²) in [4.78, 5) is 19.1. The molecule has 0 spiro atoms. The average Bonchev–Trinajstić information content (AvgIpc) is 3.25. The zero-order valence-corrected chi connectivity index (χ0v) is 14.9. The Kier molecular flexibility index (Phi) is 5.15. The molecule has 8 heteroatoms. The standard InChI is InChI=1S/C19H21N7O/c27-19(22-17-3-5-18(6-4-17)26-14-21-23-24-26)16-7-10-25(11-8-16)13-15-2-1-9-20-12-15/h1-6,9,12,14,16H,7-8,10-11,13H2,(H,22,27). The van der Waals surface area contributed by atoms with E-state index in [9.17, 15) is 4.79 Å². The quantitative estimate of drug-likeness (QED) is 0.745. The highest BCUT2D eigenvalue weighted by molar-refractivity contribution is 5.92. The molecule has 1 amide bonds. The number of anilines is 1. The molecule has 0 atom stereocenters. The lowest BCUT2D eigenvalue weighted by Gasteiger charge is -2.31. The van der Waals surface area contributed by atoms with Crippen molar-refractivity contribution in [2.75, 3.05) is 18.4 Å². The number of likely N-dealkylation sites (tertiary alicyclic amines) is 1. The van der Waals surface area contributed by atoms with Crippen LogP contribution in [0.15, 0.2) is 55.1 Å². The Morgan fingerprint density at radius 3 is 2.63 bits per heavy atom. The number of aromatic nitrogens is 5. The van der Waals surface area contributed by atoms with Gasteiger partial charge in [0, 0.05) is 30.5 Å². The number of nitrogens with one attached hydrogen (secondary N) is 1. The molecule has 1 fully saturated rings. The number of carbonyl (C=O) groups excluding carboxylic acids is 1. The number of nitrogens with zero attached hydrogens (tertiary/aromatic N) is 6. The third-order valence-electron chi connectivity index (χ3n) is 4.84. The van der Waals surface area contributed by atoms with Crippen LogP contribution in [0.2, 0.25) is 0 Å². The molecule has 1 aliphatic rings. The van der Waals surface area contributed by atoms with Gasteiger partial charge in [0.2, 0.25) is 5.91 Å². The van der Waals surface area contributed by atoms with Gasteiger partial charge in [-0.15, -0.1) is 5.10 Å². The molecule has 0 radical (unpaired) electrons. The van der Waals surface area contributed by atoms with Crippen molar-refractivity contribution >= 4 is 11.6 Å². The largest absolute Gasteiger partial charge is 0.326 e. The Hall–Kier alpha value is -3.13. The van der Waals surface area contributed by atoms with Crippen LogP contribution in [0, 0.1) is 5.92 Å². The number of carbonyl (C=O) groups is 1. The summed E-state index contributed by atoms with van der Waals surface area (Å²) in [6, 6.07) is 11.5. The zero-order chi connectivity index (χ0) is 18.5. The van der Waals surface area contributed by atoms with E-state index in [2.05, 4.69) is 36.8 Å². The molecule has 27 heavy (non-hydrogen) atoms. The Balaban J connectivity index is 1.28. The maximum absolute atomic E-state index is 12.6. The van der Waals surface area contributed by atoms with E-state index in [1.54, 1.807) is 10.9 Å². The van der Waals surface area contributed by atoms with E-state index in [-0.39, 0.29) is 11.8 Å². The molecular formula is C19H21N7O. The van der Waals surface area contributed by atoms with Crippen molar-refractivity contribution in [1.82, 2.24) is 30.1 Å². The molecule has 3 aromatic rings. The minimum atomic E-state index is 0.0503. The monoisotopic (exact) mass is 363 g/mol. The third kappa shape index (κ3) is 4.35. The Bertz CT molecular complexity index is 857. The summed E-state index contributed by atoms with van der Waals surface area (Å²) in [6.45, 7) is 2.73. The number of hydrogen-bond donors (Lipinski definition) is 1. The Labute approximate surface area is 157 Å². The Morgan fingerprint density at radius 1 is 1.15 bits per heavy atom. The topological polar surface area (TPSA) is 88.8 Å². The first-order valence-corrected chi connectivity index (χ1v) is 9.03. The lowest BCUT2D eigenvalue weighted by molar-refractivity contribution is -0.121. The number of tetrazole rings is 1. The van der Waals surface area contributed by atoms with Crippen LogP contribution in [0.5, 0.6) is 0 Å². The summed E-state index contributed by atoms with van der Waals surface area (Å²) in [5, 5.41) is 14.1. The van der Waals surface area contributed by atoms with Crippen molar-refractivity contribution in [3.8, 4) is 5.69 Å². The van der Waals surface area contributed by atoms with Crippen LogP contribution in [-0.2, 0) is 11.3 Å². The van der Waals surface area contributed by atoms with Crippen molar-refractivity contribution in [3.63, 3.8) is 0 Å². The van der Waals surface area contributed by atoms with Gasteiger partial charge in [0.05, 0.1) is 5.69 Å². The van der Waals surface area contributed by atoms with Gasteiger partial charge in [-0.3, -0.25) is 14.7 Å². The highest BCUT2D eigenvalue weighted by Gasteiger charge is 2.25. The summed E-state index contributed by atoms with van der Waals surface area (Å²) in [6.07, 6.45) is 6.96. The minimum Gasteiger partial charge on any atom is -0.326 e. The minimum absolute atomic E-state index is 0.0503. The van der Waals surface area contributed by atoms with E-state index in [0.29, 0.717) is 0 Å². The smallest absolute Gasteiger partial charge is 0.227 e. The molecule has 0 aliphatic carbocycles. The average molecular weight is 363 g/mol. The van der Waals surface area contributed by atoms with Crippen molar-refractivity contribution in [2.45, 2.75) is 19.4 Å². The van der Waals surface area contributed by atoms with Crippen molar-refractivity contribution in [1.29, 1.82) is 0 Å². The van der Waals surface area contributed by atoms with Crippen LogP contribution in [0.25, 0.3) is 5.69 Å². The summed E-state index contributed by atoms with van der Waals surface area (Å²) >= 11 is 0. The second kappa shape index (κ2) is 8.05. The maximum atomic E-state index is 12.6. The molecule has 3 heterocycles. The van der Waals surface area contributed by atoms with E-state index in [1.165, 1.54) is 11.9 Å². The molecule has 2 aromatic heterocycles. The first-order chi connectivity index (χ1) is 13.3. The molecule has 0 bridgehead atoms. The summed E-state index contributed by atoms with van der Waals surface area (Å²) in [5.74, 6) is 0.139. The second-order valence-corrected chi connectivity index (χ2v) is 6.70.